The molecule has 1 aromatic rings. The maximum absolute atomic E-state index is 11.5. The van der Waals surface area contributed by atoms with Crippen molar-refractivity contribution in [2.45, 2.75) is 25.3 Å². The zero-order chi connectivity index (χ0) is 15.0. The molecule has 0 bridgehead atoms. The lowest BCUT2D eigenvalue weighted by atomic mass is 10.1. The van der Waals surface area contributed by atoms with Gasteiger partial charge in [-0.1, -0.05) is 0 Å². The van der Waals surface area contributed by atoms with Crippen molar-refractivity contribution in [1.82, 2.24) is 10.3 Å². The van der Waals surface area contributed by atoms with Gasteiger partial charge in [0.1, 0.15) is 6.04 Å². The van der Waals surface area contributed by atoms with E-state index in [2.05, 4.69) is 10.3 Å². The van der Waals surface area contributed by atoms with Crippen LogP contribution < -0.4 is 10.1 Å². The number of carboxylic acids is 1. The van der Waals surface area contributed by atoms with Crippen molar-refractivity contribution in [1.29, 1.82) is 0 Å². The Labute approximate surface area is 116 Å². The summed E-state index contributed by atoms with van der Waals surface area (Å²) in [5.41, 5.74) is 0.701. The van der Waals surface area contributed by atoms with E-state index in [4.69, 9.17) is 14.9 Å². The Kier molecular flexibility index (Phi) is 6.45. The summed E-state index contributed by atoms with van der Waals surface area (Å²) in [5.74, 6) is -1.12. The second-order valence-electron chi connectivity index (χ2n) is 4.20. The molecule has 7 heteroatoms. The standard InChI is InChI=1S/C13H18N2O5/c1-20-12-8-9(4-5-14-12)7-10(13(18)19)15-11(17)3-2-6-16/h4-5,8,10,16H,2-3,6-7H2,1H3,(H,15,17)(H,18,19). The highest BCUT2D eigenvalue weighted by atomic mass is 16.5. The third-order valence-electron chi connectivity index (χ3n) is 2.64. The predicted octanol–water partition coefficient (Wildman–Crippen LogP) is -0.0254. The number of ether oxygens (including phenoxy) is 1. The van der Waals surface area contributed by atoms with Gasteiger partial charge in [0, 0.05) is 31.7 Å². The fraction of sp³-hybridized carbons (Fsp3) is 0.462. The number of nitrogens with one attached hydrogen (secondary N) is 1. The summed E-state index contributed by atoms with van der Waals surface area (Å²) in [6.07, 6.45) is 2.06. The first kappa shape index (κ1) is 15.9. The van der Waals surface area contributed by atoms with Gasteiger partial charge in [-0.2, -0.15) is 0 Å². The van der Waals surface area contributed by atoms with Gasteiger partial charge in [0.25, 0.3) is 0 Å². The van der Waals surface area contributed by atoms with Crippen LogP contribution in [0.15, 0.2) is 18.3 Å². The molecule has 1 heterocycles. The van der Waals surface area contributed by atoms with Crippen molar-refractivity contribution in [3.05, 3.63) is 23.9 Å². The molecule has 3 N–H and O–H groups in total. The zero-order valence-electron chi connectivity index (χ0n) is 11.2. The van der Waals surface area contributed by atoms with Gasteiger partial charge in [-0.15, -0.1) is 0 Å². The van der Waals surface area contributed by atoms with E-state index in [1.807, 2.05) is 0 Å². The van der Waals surface area contributed by atoms with Crippen LogP contribution in [0, 0.1) is 0 Å². The maximum atomic E-state index is 11.5. The van der Waals surface area contributed by atoms with E-state index in [0.717, 1.165) is 0 Å². The third-order valence-corrected chi connectivity index (χ3v) is 2.64. The predicted molar refractivity (Wildman–Crippen MR) is 70.4 cm³/mol. The van der Waals surface area contributed by atoms with Crippen molar-refractivity contribution in [2.24, 2.45) is 0 Å². The van der Waals surface area contributed by atoms with Crippen molar-refractivity contribution in [2.75, 3.05) is 13.7 Å². The second kappa shape index (κ2) is 8.11. The largest absolute Gasteiger partial charge is 0.481 e. The lowest BCUT2D eigenvalue weighted by Gasteiger charge is -2.14. The number of pyridine rings is 1. The Morgan fingerprint density at radius 2 is 2.25 bits per heavy atom. The molecule has 0 saturated heterocycles. The van der Waals surface area contributed by atoms with E-state index in [1.54, 1.807) is 12.1 Å². The SMILES string of the molecule is COc1cc(CC(NC(=O)CCCO)C(=O)O)ccn1. The Hall–Kier alpha value is -2.15. The molecule has 110 valence electrons. The van der Waals surface area contributed by atoms with E-state index in [9.17, 15) is 9.59 Å². The number of aliphatic hydroxyl groups is 1. The first-order valence-corrected chi connectivity index (χ1v) is 6.18. The van der Waals surface area contributed by atoms with Gasteiger partial charge in [-0.05, 0) is 18.1 Å². The van der Waals surface area contributed by atoms with Crippen LogP contribution in [0.2, 0.25) is 0 Å². The molecule has 7 nitrogen and oxygen atoms in total. The zero-order valence-corrected chi connectivity index (χ0v) is 11.2. The molecule has 1 aromatic heterocycles. The smallest absolute Gasteiger partial charge is 0.326 e. The fourth-order valence-electron chi connectivity index (χ4n) is 1.63. The van der Waals surface area contributed by atoms with Crippen LogP contribution in [-0.2, 0) is 16.0 Å². The molecule has 0 radical (unpaired) electrons. The Morgan fingerprint density at radius 3 is 2.85 bits per heavy atom. The van der Waals surface area contributed by atoms with E-state index in [1.165, 1.54) is 13.3 Å². The van der Waals surface area contributed by atoms with Crippen molar-refractivity contribution >= 4 is 11.9 Å². The van der Waals surface area contributed by atoms with Gasteiger partial charge in [0.2, 0.25) is 11.8 Å². The monoisotopic (exact) mass is 282 g/mol. The van der Waals surface area contributed by atoms with Gasteiger partial charge in [0.15, 0.2) is 0 Å². The normalized spacial score (nSPS) is 11.7. The number of hydrogen-bond donors (Lipinski definition) is 3. The van der Waals surface area contributed by atoms with Crippen molar-refractivity contribution < 1.29 is 24.5 Å². The summed E-state index contributed by atoms with van der Waals surface area (Å²) in [4.78, 5) is 26.6. The molecule has 0 aliphatic rings. The molecule has 1 amide bonds. The van der Waals surface area contributed by atoms with Crippen LogP contribution in [-0.4, -0.2) is 46.8 Å². The number of rotatable bonds is 8. The molecule has 20 heavy (non-hydrogen) atoms. The molecule has 1 unspecified atom stereocenters. The molecule has 0 saturated carbocycles. The first-order valence-electron chi connectivity index (χ1n) is 6.18. The number of carboxylic acid groups (broad SMARTS) is 1. The average Bonchev–Trinajstić information content (AvgIpc) is 2.44. The Bertz CT molecular complexity index is 464. The molecular formula is C13H18N2O5. The minimum Gasteiger partial charge on any atom is -0.481 e. The molecule has 0 aliphatic carbocycles. The number of carbonyl (C=O) groups is 2. The van der Waals surface area contributed by atoms with Crippen LogP contribution in [0.4, 0.5) is 0 Å². The third kappa shape index (κ3) is 5.23. The molecule has 0 aromatic carbocycles. The molecule has 0 fully saturated rings. The van der Waals surface area contributed by atoms with E-state index < -0.39 is 17.9 Å². The summed E-state index contributed by atoms with van der Waals surface area (Å²) >= 11 is 0. The van der Waals surface area contributed by atoms with Gasteiger partial charge in [-0.3, -0.25) is 4.79 Å². The number of aromatic nitrogens is 1. The molecule has 1 rings (SSSR count). The number of methoxy groups -OCH3 is 1. The summed E-state index contributed by atoms with van der Waals surface area (Å²) in [6.45, 7) is -0.104. The number of hydrogen-bond acceptors (Lipinski definition) is 5. The number of carbonyl (C=O) groups excluding carboxylic acids is 1. The number of amides is 1. The fourth-order valence-corrected chi connectivity index (χ4v) is 1.63. The minimum absolute atomic E-state index is 0.0972. The highest BCUT2D eigenvalue weighted by Crippen LogP contribution is 2.11. The second-order valence-corrected chi connectivity index (χ2v) is 4.20. The molecular weight excluding hydrogens is 264 g/mol. The number of aliphatic carboxylic acids is 1. The summed E-state index contributed by atoms with van der Waals surface area (Å²) in [7, 11) is 1.47. The minimum atomic E-state index is -1.11. The van der Waals surface area contributed by atoms with Crippen LogP contribution >= 0.6 is 0 Å². The van der Waals surface area contributed by atoms with E-state index >= 15 is 0 Å². The summed E-state index contributed by atoms with van der Waals surface area (Å²) < 4.78 is 4.96. The van der Waals surface area contributed by atoms with Crippen LogP contribution in [0.25, 0.3) is 0 Å². The van der Waals surface area contributed by atoms with Gasteiger partial charge in [-0.25, -0.2) is 9.78 Å². The number of aliphatic hydroxyl groups excluding tert-OH is 1. The molecule has 0 aliphatic heterocycles. The van der Waals surface area contributed by atoms with E-state index in [-0.39, 0.29) is 19.4 Å². The van der Waals surface area contributed by atoms with Crippen LogP contribution in [0.1, 0.15) is 18.4 Å². The van der Waals surface area contributed by atoms with Gasteiger partial charge >= 0.3 is 5.97 Å². The van der Waals surface area contributed by atoms with Crippen LogP contribution in [0.3, 0.4) is 0 Å². The lowest BCUT2D eigenvalue weighted by molar-refractivity contribution is -0.141. The molecule has 0 spiro atoms. The average molecular weight is 282 g/mol. The summed E-state index contributed by atoms with van der Waals surface area (Å²) in [6, 6.07) is 2.27. The highest BCUT2D eigenvalue weighted by Gasteiger charge is 2.20. The lowest BCUT2D eigenvalue weighted by Crippen LogP contribution is -2.42. The Balaban J connectivity index is 2.66. The van der Waals surface area contributed by atoms with Gasteiger partial charge in [0.05, 0.1) is 7.11 Å². The first-order chi connectivity index (χ1) is 9.56. The quantitative estimate of drug-likeness (QED) is 0.618. The van der Waals surface area contributed by atoms with Crippen molar-refractivity contribution in [3.8, 4) is 5.88 Å². The highest BCUT2D eigenvalue weighted by molar-refractivity contribution is 5.83. The summed E-state index contributed by atoms with van der Waals surface area (Å²) in [5, 5.41) is 20.2. The van der Waals surface area contributed by atoms with Crippen LogP contribution in [0.5, 0.6) is 5.88 Å². The Morgan fingerprint density at radius 1 is 1.50 bits per heavy atom. The molecule has 1 atom stereocenters. The topological polar surface area (TPSA) is 109 Å². The van der Waals surface area contributed by atoms with Crippen molar-refractivity contribution in [3.63, 3.8) is 0 Å². The number of nitrogens with zero attached hydrogens (tertiary/aromatic N) is 1. The van der Waals surface area contributed by atoms with Gasteiger partial charge < -0.3 is 20.3 Å². The van der Waals surface area contributed by atoms with E-state index in [0.29, 0.717) is 17.9 Å². The maximum Gasteiger partial charge on any atom is 0.326 e.